The van der Waals surface area contributed by atoms with Crippen LogP contribution < -0.4 is 10.6 Å². The average Bonchev–Trinajstić information content (AvgIpc) is 3.28. The minimum Gasteiger partial charge on any atom is -0.336 e. The predicted octanol–water partition coefficient (Wildman–Crippen LogP) is 4.03. The van der Waals surface area contributed by atoms with E-state index >= 15 is 0 Å². The molecule has 2 aromatic carbocycles. The Bertz CT molecular complexity index is 1010. The van der Waals surface area contributed by atoms with Gasteiger partial charge in [-0.2, -0.15) is 13.2 Å². The Labute approximate surface area is 196 Å². The molecular weight excluding hydrogens is 447 g/mol. The van der Waals surface area contributed by atoms with Crippen molar-refractivity contribution in [2.24, 2.45) is 0 Å². The number of hydrogen-bond acceptors (Lipinski definition) is 3. The highest BCUT2D eigenvalue weighted by molar-refractivity contribution is 5.99. The SMILES string of the molecule is CC(C)c1ccc(NC(=O)[C@H]2CCCN2C(=O)[C@@H](Cc2ccccc2)NC(=O)C(F)(F)F)cc1. The number of carbonyl (C=O) groups is 3. The molecule has 0 bridgehead atoms. The molecule has 182 valence electrons. The number of hydrogen-bond donors (Lipinski definition) is 2. The van der Waals surface area contributed by atoms with E-state index in [4.69, 9.17) is 0 Å². The van der Waals surface area contributed by atoms with Crippen LogP contribution in [0.2, 0.25) is 0 Å². The topological polar surface area (TPSA) is 78.5 Å². The maximum Gasteiger partial charge on any atom is 0.471 e. The summed E-state index contributed by atoms with van der Waals surface area (Å²) in [4.78, 5) is 39.1. The zero-order valence-electron chi connectivity index (χ0n) is 19.1. The number of nitrogens with one attached hydrogen (secondary N) is 2. The van der Waals surface area contributed by atoms with Gasteiger partial charge in [-0.05, 0) is 42.0 Å². The zero-order chi connectivity index (χ0) is 24.9. The largest absolute Gasteiger partial charge is 0.471 e. The van der Waals surface area contributed by atoms with E-state index in [0.29, 0.717) is 30.0 Å². The Balaban J connectivity index is 1.75. The summed E-state index contributed by atoms with van der Waals surface area (Å²) < 4.78 is 38.7. The van der Waals surface area contributed by atoms with Crippen molar-refractivity contribution in [1.82, 2.24) is 10.2 Å². The van der Waals surface area contributed by atoms with Crippen molar-refractivity contribution < 1.29 is 27.6 Å². The van der Waals surface area contributed by atoms with Crippen LogP contribution in [-0.2, 0) is 20.8 Å². The van der Waals surface area contributed by atoms with Gasteiger partial charge in [0.05, 0.1) is 0 Å². The van der Waals surface area contributed by atoms with Crippen LogP contribution in [0.25, 0.3) is 0 Å². The predicted molar refractivity (Wildman–Crippen MR) is 122 cm³/mol. The quantitative estimate of drug-likeness (QED) is 0.635. The Morgan fingerprint density at radius 3 is 2.26 bits per heavy atom. The maximum atomic E-state index is 13.3. The summed E-state index contributed by atoms with van der Waals surface area (Å²) in [7, 11) is 0. The van der Waals surface area contributed by atoms with Crippen molar-refractivity contribution in [2.75, 3.05) is 11.9 Å². The lowest BCUT2D eigenvalue weighted by atomic mass is 10.0. The monoisotopic (exact) mass is 475 g/mol. The fourth-order valence-electron chi connectivity index (χ4n) is 3.97. The highest BCUT2D eigenvalue weighted by Gasteiger charge is 2.43. The fourth-order valence-corrected chi connectivity index (χ4v) is 3.97. The summed E-state index contributed by atoms with van der Waals surface area (Å²) in [6.07, 6.45) is -4.34. The lowest BCUT2D eigenvalue weighted by molar-refractivity contribution is -0.175. The van der Waals surface area contributed by atoms with Gasteiger partial charge in [0.2, 0.25) is 11.8 Å². The summed E-state index contributed by atoms with van der Waals surface area (Å²) in [5.74, 6) is -2.98. The van der Waals surface area contributed by atoms with E-state index in [2.05, 4.69) is 19.2 Å². The number of anilines is 1. The first-order valence-electron chi connectivity index (χ1n) is 11.2. The van der Waals surface area contributed by atoms with Crippen molar-refractivity contribution in [1.29, 1.82) is 0 Å². The van der Waals surface area contributed by atoms with Gasteiger partial charge in [-0.15, -0.1) is 0 Å². The van der Waals surface area contributed by atoms with Crippen LogP contribution in [0.4, 0.5) is 18.9 Å². The summed E-state index contributed by atoms with van der Waals surface area (Å²) in [5.41, 5.74) is 2.27. The molecule has 0 saturated carbocycles. The number of halogens is 3. The lowest BCUT2D eigenvalue weighted by Crippen LogP contribution is -2.55. The molecule has 1 saturated heterocycles. The lowest BCUT2D eigenvalue weighted by Gasteiger charge is -2.29. The standard InChI is InChI=1S/C25H28F3N3O3/c1-16(2)18-10-12-19(13-11-18)29-22(32)21-9-6-14-31(21)23(33)20(30-24(34)25(26,27)28)15-17-7-4-3-5-8-17/h3-5,7-8,10-13,16,20-21H,6,9,14-15H2,1-2H3,(H,29,32)(H,30,34)/t20-,21-/m1/s1. The maximum absolute atomic E-state index is 13.3. The number of nitrogens with zero attached hydrogens (tertiary/aromatic N) is 1. The second-order valence-electron chi connectivity index (χ2n) is 8.67. The number of rotatable bonds is 7. The Morgan fingerprint density at radius 1 is 1.03 bits per heavy atom. The van der Waals surface area contributed by atoms with Gasteiger partial charge in [0, 0.05) is 18.7 Å². The first-order valence-corrected chi connectivity index (χ1v) is 11.2. The van der Waals surface area contributed by atoms with Gasteiger partial charge >= 0.3 is 12.1 Å². The third-order valence-corrected chi connectivity index (χ3v) is 5.83. The van der Waals surface area contributed by atoms with Gasteiger partial charge in [0.15, 0.2) is 0 Å². The average molecular weight is 476 g/mol. The van der Waals surface area contributed by atoms with Crippen LogP contribution in [0.1, 0.15) is 43.7 Å². The summed E-state index contributed by atoms with van der Waals surface area (Å²) >= 11 is 0. The van der Waals surface area contributed by atoms with E-state index in [-0.39, 0.29) is 13.0 Å². The molecule has 0 radical (unpaired) electrons. The molecule has 2 atom stereocenters. The number of likely N-dealkylation sites (tertiary alicyclic amines) is 1. The van der Waals surface area contributed by atoms with Crippen molar-refractivity contribution >= 4 is 23.4 Å². The summed E-state index contributed by atoms with van der Waals surface area (Å²) in [6.45, 7) is 4.33. The third kappa shape index (κ3) is 6.36. The number of carbonyl (C=O) groups excluding carboxylic acids is 3. The second kappa shape index (κ2) is 10.7. The first kappa shape index (κ1) is 25.3. The molecule has 34 heavy (non-hydrogen) atoms. The van der Waals surface area contributed by atoms with Crippen LogP contribution in [0, 0.1) is 0 Å². The number of amides is 3. The zero-order valence-corrected chi connectivity index (χ0v) is 19.1. The Kier molecular flexibility index (Phi) is 7.96. The van der Waals surface area contributed by atoms with Crippen LogP contribution in [0.3, 0.4) is 0 Å². The fraction of sp³-hybridized carbons (Fsp3) is 0.400. The molecular formula is C25H28F3N3O3. The van der Waals surface area contributed by atoms with Crippen LogP contribution in [-0.4, -0.2) is 47.4 Å². The molecule has 0 unspecified atom stereocenters. The van der Waals surface area contributed by atoms with Crippen LogP contribution in [0.15, 0.2) is 54.6 Å². The molecule has 0 aromatic heterocycles. The van der Waals surface area contributed by atoms with Gasteiger partial charge in [-0.1, -0.05) is 56.3 Å². The molecule has 3 rings (SSSR count). The molecule has 3 amide bonds. The first-order chi connectivity index (χ1) is 16.1. The molecule has 1 fully saturated rings. The molecule has 6 nitrogen and oxygen atoms in total. The summed E-state index contributed by atoms with van der Waals surface area (Å²) in [6, 6.07) is 13.5. The third-order valence-electron chi connectivity index (χ3n) is 5.83. The van der Waals surface area contributed by atoms with Crippen molar-refractivity contribution in [3.8, 4) is 0 Å². The molecule has 0 spiro atoms. The van der Waals surface area contributed by atoms with Gasteiger partial charge < -0.3 is 15.5 Å². The van der Waals surface area contributed by atoms with Gasteiger partial charge in [0.1, 0.15) is 12.1 Å². The molecule has 1 aliphatic rings. The summed E-state index contributed by atoms with van der Waals surface area (Å²) in [5, 5.41) is 4.61. The Morgan fingerprint density at radius 2 is 1.68 bits per heavy atom. The van der Waals surface area contributed by atoms with Crippen molar-refractivity contribution in [2.45, 2.75) is 57.3 Å². The molecule has 1 aliphatic heterocycles. The van der Waals surface area contributed by atoms with Crippen molar-refractivity contribution in [3.63, 3.8) is 0 Å². The molecule has 2 aromatic rings. The highest BCUT2D eigenvalue weighted by atomic mass is 19.4. The Hall–Kier alpha value is -3.36. The molecule has 2 N–H and O–H groups in total. The van der Waals surface area contributed by atoms with Crippen molar-refractivity contribution in [3.05, 3.63) is 65.7 Å². The van der Waals surface area contributed by atoms with Crippen LogP contribution >= 0.6 is 0 Å². The molecule has 0 aliphatic carbocycles. The van der Waals surface area contributed by atoms with E-state index in [9.17, 15) is 27.6 Å². The van der Waals surface area contributed by atoms with E-state index in [0.717, 1.165) is 5.56 Å². The normalized spacial score (nSPS) is 16.9. The minimum atomic E-state index is -5.13. The van der Waals surface area contributed by atoms with Gasteiger partial charge in [-0.3, -0.25) is 14.4 Å². The van der Waals surface area contributed by atoms with E-state index < -0.39 is 36.0 Å². The smallest absolute Gasteiger partial charge is 0.336 e. The van der Waals surface area contributed by atoms with Gasteiger partial charge in [0.25, 0.3) is 0 Å². The number of benzene rings is 2. The van der Waals surface area contributed by atoms with E-state index in [1.54, 1.807) is 42.5 Å². The minimum absolute atomic E-state index is 0.122. The van der Waals surface area contributed by atoms with E-state index in [1.807, 2.05) is 17.4 Å². The molecule has 9 heteroatoms. The highest BCUT2D eigenvalue weighted by Crippen LogP contribution is 2.23. The van der Waals surface area contributed by atoms with Gasteiger partial charge in [-0.25, -0.2) is 0 Å². The number of alkyl halides is 3. The molecule has 1 heterocycles. The van der Waals surface area contributed by atoms with Crippen LogP contribution in [0.5, 0.6) is 0 Å². The van der Waals surface area contributed by atoms with E-state index in [1.165, 1.54) is 4.90 Å². The second-order valence-corrected chi connectivity index (χ2v) is 8.67.